The van der Waals surface area contributed by atoms with Crippen LogP contribution in [0.15, 0.2) is 72.8 Å². The molecule has 0 aliphatic carbocycles. The Kier molecular flexibility index (Phi) is 11.3. The largest absolute Gasteiger partial charge is 0.494 e. The van der Waals surface area contributed by atoms with Gasteiger partial charge in [-0.3, -0.25) is 9.59 Å². The third kappa shape index (κ3) is 9.10. The van der Waals surface area contributed by atoms with Gasteiger partial charge in [0.1, 0.15) is 11.8 Å². The van der Waals surface area contributed by atoms with E-state index in [0.29, 0.717) is 36.0 Å². The first-order valence-corrected chi connectivity index (χ1v) is 13.4. The van der Waals surface area contributed by atoms with Crippen molar-refractivity contribution in [3.05, 3.63) is 99.5 Å². The lowest BCUT2D eigenvalue weighted by Gasteiger charge is -2.32. The first kappa shape index (κ1) is 28.5. The molecule has 0 heterocycles. The highest BCUT2D eigenvalue weighted by Gasteiger charge is 2.30. The van der Waals surface area contributed by atoms with E-state index in [9.17, 15) is 9.59 Å². The molecule has 0 radical (unpaired) electrons. The van der Waals surface area contributed by atoms with Crippen molar-refractivity contribution in [2.45, 2.75) is 52.1 Å². The van der Waals surface area contributed by atoms with E-state index in [2.05, 4.69) is 5.32 Å². The van der Waals surface area contributed by atoms with Crippen LogP contribution in [0.3, 0.4) is 0 Å². The second-order valence-electron chi connectivity index (χ2n) is 9.02. The zero-order valence-corrected chi connectivity index (χ0v) is 22.9. The Morgan fingerprint density at radius 2 is 1.73 bits per heavy atom. The van der Waals surface area contributed by atoms with Gasteiger partial charge < -0.3 is 15.0 Å². The lowest BCUT2D eigenvalue weighted by molar-refractivity contribution is -0.141. The third-order valence-electron chi connectivity index (χ3n) is 6.00. The Morgan fingerprint density at radius 3 is 2.41 bits per heavy atom. The minimum absolute atomic E-state index is 0.133. The van der Waals surface area contributed by atoms with Crippen LogP contribution >= 0.6 is 23.2 Å². The molecule has 0 fully saturated rings. The average molecular weight is 542 g/mol. The fourth-order valence-electron chi connectivity index (χ4n) is 3.94. The first-order chi connectivity index (χ1) is 17.9. The minimum Gasteiger partial charge on any atom is -0.494 e. The number of carbonyl (C=O) groups excluding carboxylic acids is 2. The molecule has 1 atom stereocenters. The molecule has 1 N–H and O–H groups in total. The summed E-state index contributed by atoms with van der Waals surface area (Å²) in [6, 6.07) is 22.0. The molecular weight excluding hydrogens is 507 g/mol. The molecule has 3 aromatic carbocycles. The lowest BCUT2D eigenvalue weighted by Crippen LogP contribution is -2.50. The molecule has 2 amide bonds. The number of nitrogens with zero attached hydrogens (tertiary/aromatic N) is 1. The van der Waals surface area contributed by atoms with E-state index in [0.717, 1.165) is 28.9 Å². The smallest absolute Gasteiger partial charge is 0.243 e. The van der Waals surface area contributed by atoms with Gasteiger partial charge in [-0.25, -0.2) is 0 Å². The molecule has 3 aromatic rings. The maximum Gasteiger partial charge on any atom is 0.243 e. The summed E-state index contributed by atoms with van der Waals surface area (Å²) < 4.78 is 5.81. The van der Waals surface area contributed by atoms with E-state index >= 15 is 0 Å². The number of hydrogen-bond acceptors (Lipinski definition) is 3. The van der Waals surface area contributed by atoms with Crippen LogP contribution in [0.1, 0.15) is 42.9 Å². The summed E-state index contributed by atoms with van der Waals surface area (Å²) in [5.41, 5.74) is 2.86. The van der Waals surface area contributed by atoms with Crippen molar-refractivity contribution >= 4 is 35.0 Å². The van der Waals surface area contributed by atoms with Gasteiger partial charge in [0.2, 0.25) is 11.8 Å². The van der Waals surface area contributed by atoms with Gasteiger partial charge in [0.05, 0.1) is 6.61 Å². The molecule has 0 bridgehead atoms. The quantitative estimate of drug-likeness (QED) is 0.247. The van der Waals surface area contributed by atoms with Crippen LogP contribution in [0.4, 0.5) is 0 Å². The molecule has 0 saturated heterocycles. The highest BCUT2D eigenvalue weighted by Crippen LogP contribution is 2.24. The molecule has 196 valence electrons. The molecule has 0 saturated carbocycles. The maximum absolute atomic E-state index is 13.6. The summed E-state index contributed by atoms with van der Waals surface area (Å²) in [7, 11) is 0. The van der Waals surface area contributed by atoms with E-state index in [1.807, 2.05) is 68.4 Å². The summed E-state index contributed by atoms with van der Waals surface area (Å²) in [5.74, 6) is 0.454. The highest BCUT2D eigenvalue weighted by molar-refractivity contribution is 6.35. The number of carbonyl (C=O) groups is 2. The van der Waals surface area contributed by atoms with Crippen molar-refractivity contribution in [3.8, 4) is 5.75 Å². The van der Waals surface area contributed by atoms with Crippen LogP contribution in [0.2, 0.25) is 10.0 Å². The summed E-state index contributed by atoms with van der Waals surface area (Å²) in [6.07, 6.45) is 1.96. The molecule has 0 aliphatic heterocycles. The normalized spacial score (nSPS) is 11.6. The van der Waals surface area contributed by atoms with Gasteiger partial charge >= 0.3 is 0 Å². The third-order valence-corrected chi connectivity index (χ3v) is 6.59. The average Bonchev–Trinajstić information content (AvgIpc) is 2.89. The Bertz CT molecular complexity index is 1150. The molecule has 0 unspecified atom stereocenters. The molecular formula is C30H34Cl2N2O3. The summed E-state index contributed by atoms with van der Waals surface area (Å²) in [6.45, 7) is 5.15. The second-order valence-corrected chi connectivity index (χ2v) is 9.86. The zero-order valence-electron chi connectivity index (χ0n) is 21.4. The fraction of sp³-hybridized carbons (Fsp3) is 0.333. The molecule has 0 aromatic heterocycles. The Balaban J connectivity index is 1.80. The predicted octanol–water partition coefficient (Wildman–Crippen LogP) is 6.63. The van der Waals surface area contributed by atoms with Crippen LogP contribution in [0, 0.1) is 6.92 Å². The number of halogens is 2. The number of rotatable bonds is 13. The predicted molar refractivity (Wildman–Crippen MR) is 150 cm³/mol. The Hall–Kier alpha value is -3.02. The van der Waals surface area contributed by atoms with Gasteiger partial charge in [0, 0.05) is 36.0 Å². The zero-order chi connectivity index (χ0) is 26.6. The van der Waals surface area contributed by atoms with Crippen molar-refractivity contribution in [2.24, 2.45) is 0 Å². The van der Waals surface area contributed by atoms with Crippen LogP contribution in [-0.2, 0) is 22.6 Å². The van der Waals surface area contributed by atoms with E-state index in [1.54, 1.807) is 23.1 Å². The molecule has 3 rings (SSSR count). The monoisotopic (exact) mass is 540 g/mol. The number of ether oxygens (including phenoxy) is 1. The minimum atomic E-state index is -0.689. The summed E-state index contributed by atoms with van der Waals surface area (Å²) >= 11 is 12.6. The molecule has 37 heavy (non-hydrogen) atoms. The molecule has 0 aliphatic rings. The fourth-order valence-corrected chi connectivity index (χ4v) is 4.41. The SMILES string of the molecule is CCCNC(=O)[C@H](Cc1ccccc1)N(Cc1ccc(Cl)cc1Cl)C(=O)CCCOc1ccc(C)cc1. The van der Waals surface area contributed by atoms with E-state index in [1.165, 1.54) is 0 Å². The van der Waals surface area contributed by atoms with Crippen LogP contribution in [-0.4, -0.2) is 35.9 Å². The van der Waals surface area contributed by atoms with Crippen molar-refractivity contribution in [1.29, 1.82) is 0 Å². The van der Waals surface area contributed by atoms with Gasteiger partial charge in [-0.15, -0.1) is 0 Å². The van der Waals surface area contributed by atoms with Gasteiger partial charge in [0.15, 0.2) is 0 Å². The van der Waals surface area contributed by atoms with Gasteiger partial charge in [-0.1, -0.05) is 84.2 Å². The highest BCUT2D eigenvalue weighted by atomic mass is 35.5. The van der Waals surface area contributed by atoms with Crippen molar-refractivity contribution in [3.63, 3.8) is 0 Å². The van der Waals surface area contributed by atoms with Crippen molar-refractivity contribution in [2.75, 3.05) is 13.2 Å². The van der Waals surface area contributed by atoms with Crippen LogP contribution in [0.5, 0.6) is 5.75 Å². The molecule has 5 nitrogen and oxygen atoms in total. The van der Waals surface area contributed by atoms with Gasteiger partial charge in [-0.2, -0.15) is 0 Å². The molecule has 0 spiro atoms. The van der Waals surface area contributed by atoms with Crippen LogP contribution < -0.4 is 10.1 Å². The maximum atomic E-state index is 13.6. The number of nitrogens with one attached hydrogen (secondary N) is 1. The molecule has 7 heteroatoms. The number of hydrogen-bond donors (Lipinski definition) is 1. The summed E-state index contributed by atoms with van der Waals surface area (Å²) in [4.78, 5) is 28.6. The second kappa shape index (κ2) is 14.7. The van der Waals surface area contributed by atoms with E-state index < -0.39 is 6.04 Å². The van der Waals surface area contributed by atoms with E-state index in [4.69, 9.17) is 27.9 Å². The lowest BCUT2D eigenvalue weighted by atomic mass is 10.0. The van der Waals surface area contributed by atoms with Crippen molar-refractivity contribution in [1.82, 2.24) is 10.2 Å². The van der Waals surface area contributed by atoms with Crippen LogP contribution in [0.25, 0.3) is 0 Å². The summed E-state index contributed by atoms with van der Waals surface area (Å²) in [5, 5.41) is 3.95. The Morgan fingerprint density at radius 1 is 1.00 bits per heavy atom. The van der Waals surface area contributed by atoms with E-state index in [-0.39, 0.29) is 24.8 Å². The van der Waals surface area contributed by atoms with Crippen molar-refractivity contribution < 1.29 is 14.3 Å². The first-order valence-electron chi connectivity index (χ1n) is 12.6. The van der Waals surface area contributed by atoms with Gasteiger partial charge in [-0.05, 0) is 55.2 Å². The Labute approximate surface area is 229 Å². The standard InChI is InChI=1S/C30H34Cl2N2O3/c1-3-17-33-30(36)28(19-23-8-5-4-6-9-23)34(21-24-13-14-25(31)20-27(24)32)29(35)10-7-18-37-26-15-11-22(2)12-16-26/h4-6,8-9,11-16,20,28H,3,7,10,17-19,21H2,1-2H3,(H,33,36)/t28-/m0/s1. The topological polar surface area (TPSA) is 58.6 Å². The number of benzene rings is 3. The van der Waals surface area contributed by atoms with Gasteiger partial charge in [0.25, 0.3) is 0 Å². The number of amides is 2. The number of aryl methyl sites for hydroxylation is 1.